The number of rotatable bonds is 4. The summed E-state index contributed by atoms with van der Waals surface area (Å²) in [5.74, 6) is -0.0324. The summed E-state index contributed by atoms with van der Waals surface area (Å²) in [6, 6.07) is 3.61. The van der Waals surface area contributed by atoms with Gasteiger partial charge < -0.3 is 14.5 Å². The van der Waals surface area contributed by atoms with Crippen LogP contribution in [-0.2, 0) is 16.0 Å². The standard InChI is InChI=1S/C14H16ClN3O2/c15-10-3-4-13-17-11(9-18(13)8-10)6-14(19)16-7-12-2-1-5-20-12/h3-4,8-9,12H,1-2,5-7H2,(H,16,19). The average molecular weight is 294 g/mol. The van der Waals surface area contributed by atoms with Crippen LogP contribution in [0.25, 0.3) is 5.65 Å². The van der Waals surface area contributed by atoms with Gasteiger partial charge in [0.05, 0.1) is 23.2 Å². The summed E-state index contributed by atoms with van der Waals surface area (Å²) in [5, 5.41) is 3.53. The molecule has 0 saturated carbocycles. The van der Waals surface area contributed by atoms with Crippen molar-refractivity contribution in [1.29, 1.82) is 0 Å². The molecule has 0 radical (unpaired) electrons. The fourth-order valence-corrected chi connectivity index (χ4v) is 2.53. The molecule has 2 aromatic heterocycles. The van der Waals surface area contributed by atoms with Crippen LogP contribution in [0.2, 0.25) is 5.02 Å². The van der Waals surface area contributed by atoms with Crippen LogP contribution in [0, 0.1) is 0 Å². The highest BCUT2D eigenvalue weighted by Gasteiger charge is 2.16. The molecule has 1 saturated heterocycles. The first-order chi connectivity index (χ1) is 9.70. The van der Waals surface area contributed by atoms with Gasteiger partial charge >= 0.3 is 0 Å². The van der Waals surface area contributed by atoms with E-state index < -0.39 is 0 Å². The summed E-state index contributed by atoms with van der Waals surface area (Å²) in [6.07, 6.45) is 6.14. The summed E-state index contributed by atoms with van der Waals surface area (Å²) in [6.45, 7) is 1.38. The van der Waals surface area contributed by atoms with Crippen LogP contribution in [0.4, 0.5) is 0 Å². The summed E-state index contributed by atoms with van der Waals surface area (Å²) in [7, 11) is 0. The molecule has 106 valence electrons. The van der Waals surface area contributed by atoms with Crippen molar-refractivity contribution in [2.24, 2.45) is 0 Å². The quantitative estimate of drug-likeness (QED) is 0.935. The minimum absolute atomic E-state index is 0.0324. The number of hydrogen-bond donors (Lipinski definition) is 1. The molecule has 1 aliphatic rings. The number of carbonyl (C=O) groups excluding carboxylic acids is 1. The van der Waals surface area contributed by atoms with Gasteiger partial charge in [-0.1, -0.05) is 11.6 Å². The predicted molar refractivity (Wildman–Crippen MR) is 75.9 cm³/mol. The first-order valence-corrected chi connectivity index (χ1v) is 7.10. The summed E-state index contributed by atoms with van der Waals surface area (Å²) in [4.78, 5) is 16.3. The second-order valence-electron chi connectivity index (χ2n) is 4.96. The van der Waals surface area contributed by atoms with Gasteiger partial charge in [-0.05, 0) is 25.0 Å². The summed E-state index contributed by atoms with van der Waals surface area (Å²) >= 11 is 5.91. The maximum Gasteiger partial charge on any atom is 0.226 e. The second kappa shape index (κ2) is 5.81. The number of halogens is 1. The van der Waals surface area contributed by atoms with E-state index >= 15 is 0 Å². The Morgan fingerprint density at radius 3 is 3.20 bits per heavy atom. The maximum absolute atomic E-state index is 11.9. The number of amides is 1. The fraction of sp³-hybridized carbons (Fsp3) is 0.429. The minimum Gasteiger partial charge on any atom is -0.376 e. The van der Waals surface area contributed by atoms with Crippen molar-refractivity contribution in [3.05, 3.63) is 35.2 Å². The molecule has 0 bridgehead atoms. The third-order valence-electron chi connectivity index (χ3n) is 3.36. The molecule has 20 heavy (non-hydrogen) atoms. The van der Waals surface area contributed by atoms with E-state index in [4.69, 9.17) is 16.3 Å². The van der Waals surface area contributed by atoms with Crippen LogP contribution in [-0.4, -0.2) is 34.5 Å². The zero-order valence-corrected chi connectivity index (χ0v) is 11.8. The van der Waals surface area contributed by atoms with Crippen LogP contribution in [0.1, 0.15) is 18.5 Å². The smallest absolute Gasteiger partial charge is 0.226 e. The molecular formula is C14H16ClN3O2. The van der Waals surface area contributed by atoms with E-state index in [9.17, 15) is 4.79 Å². The number of nitrogens with zero attached hydrogens (tertiary/aromatic N) is 2. The lowest BCUT2D eigenvalue weighted by Gasteiger charge is -2.09. The Kier molecular flexibility index (Phi) is 3.89. The van der Waals surface area contributed by atoms with E-state index in [0.29, 0.717) is 11.6 Å². The monoisotopic (exact) mass is 293 g/mol. The van der Waals surface area contributed by atoms with Crippen LogP contribution < -0.4 is 5.32 Å². The van der Waals surface area contributed by atoms with E-state index in [1.54, 1.807) is 12.3 Å². The summed E-state index contributed by atoms with van der Waals surface area (Å²) < 4.78 is 7.29. The van der Waals surface area contributed by atoms with Gasteiger partial charge in [0.1, 0.15) is 5.65 Å². The fourth-order valence-electron chi connectivity index (χ4n) is 2.36. The van der Waals surface area contributed by atoms with Crippen molar-refractivity contribution in [2.75, 3.05) is 13.2 Å². The molecule has 5 nitrogen and oxygen atoms in total. The minimum atomic E-state index is -0.0324. The Bertz CT molecular complexity index is 620. The molecule has 0 spiro atoms. The molecule has 1 atom stereocenters. The molecule has 3 heterocycles. The van der Waals surface area contributed by atoms with Crippen LogP contribution >= 0.6 is 11.6 Å². The second-order valence-corrected chi connectivity index (χ2v) is 5.40. The first kappa shape index (κ1) is 13.4. The number of carbonyl (C=O) groups is 1. The van der Waals surface area contributed by atoms with E-state index in [2.05, 4.69) is 10.3 Å². The largest absolute Gasteiger partial charge is 0.376 e. The zero-order valence-electron chi connectivity index (χ0n) is 11.0. The number of hydrogen-bond acceptors (Lipinski definition) is 3. The van der Waals surface area contributed by atoms with Gasteiger partial charge in [0.2, 0.25) is 5.91 Å². The Labute approximate surface area is 121 Å². The number of aromatic nitrogens is 2. The normalized spacial score (nSPS) is 18.6. The number of fused-ring (bicyclic) bond motifs is 1. The lowest BCUT2D eigenvalue weighted by atomic mass is 10.2. The predicted octanol–water partition coefficient (Wildman–Crippen LogP) is 1.83. The molecule has 1 fully saturated rings. The molecule has 1 amide bonds. The van der Waals surface area contributed by atoms with E-state index in [1.165, 1.54) is 0 Å². The van der Waals surface area contributed by atoms with Crippen molar-refractivity contribution >= 4 is 23.2 Å². The molecule has 2 aromatic rings. The van der Waals surface area contributed by atoms with Gasteiger partial charge in [-0.25, -0.2) is 4.98 Å². The Hall–Kier alpha value is -1.59. The van der Waals surface area contributed by atoms with Gasteiger partial charge in [-0.3, -0.25) is 4.79 Å². The first-order valence-electron chi connectivity index (χ1n) is 6.72. The molecule has 6 heteroatoms. The third kappa shape index (κ3) is 3.11. The zero-order chi connectivity index (χ0) is 13.9. The lowest BCUT2D eigenvalue weighted by Crippen LogP contribution is -2.32. The van der Waals surface area contributed by atoms with Gasteiger partial charge in [0.25, 0.3) is 0 Å². The molecule has 0 aromatic carbocycles. The molecule has 1 aliphatic heterocycles. The van der Waals surface area contributed by atoms with Crippen molar-refractivity contribution in [1.82, 2.24) is 14.7 Å². The van der Waals surface area contributed by atoms with Crippen molar-refractivity contribution in [3.63, 3.8) is 0 Å². The highest BCUT2D eigenvalue weighted by molar-refractivity contribution is 6.30. The van der Waals surface area contributed by atoms with Gasteiger partial charge in [0.15, 0.2) is 0 Å². The SMILES string of the molecule is O=C(Cc1cn2cc(Cl)ccc2n1)NCC1CCCO1. The highest BCUT2D eigenvalue weighted by atomic mass is 35.5. The topological polar surface area (TPSA) is 55.6 Å². The molecule has 1 unspecified atom stereocenters. The van der Waals surface area contributed by atoms with Crippen LogP contribution in [0.15, 0.2) is 24.5 Å². The molecule has 3 rings (SSSR count). The Balaban J connectivity index is 1.59. The third-order valence-corrected chi connectivity index (χ3v) is 3.58. The number of ether oxygens (including phenoxy) is 1. The number of pyridine rings is 1. The van der Waals surface area contributed by atoms with Crippen molar-refractivity contribution < 1.29 is 9.53 Å². The average Bonchev–Trinajstić information content (AvgIpc) is 3.04. The Morgan fingerprint density at radius 2 is 2.40 bits per heavy atom. The maximum atomic E-state index is 11.9. The molecule has 1 N–H and O–H groups in total. The van der Waals surface area contributed by atoms with E-state index in [-0.39, 0.29) is 18.4 Å². The number of nitrogens with one attached hydrogen (secondary N) is 1. The summed E-state index contributed by atoms with van der Waals surface area (Å²) in [5.41, 5.74) is 1.52. The van der Waals surface area contributed by atoms with Crippen LogP contribution in [0.3, 0.4) is 0 Å². The van der Waals surface area contributed by atoms with E-state index in [0.717, 1.165) is 30.8 Å². The van der Waals surface area contributed by atoms with Crippen molar-refractivity contribution in [2.45, 2.75) is 25.4 Å². The molecular weight excluding hydrogens is 278 g/mol. The highest BCUT2D eigenvalue weighted by Crippen LogP contribution is 2.12. The Morgan fingerprint density at radius 1 is 1.50 bits per heavy atom. The van der Waals surface area contributed by atoms with Gasteiger partial charge in [-0.2, -0.15) is 0 Å². The van der Waals surface area contributed by atoms with Crippen molar-refractivity contribution in [3.8, 4) is 0 Å². The van der Waals surface area contributed by atoms with Crippen LogP contribution in [0.5, 0.6) is 0 Å². The lowest BCUT2D eigenvalue weighted by molar-refractivity contribution is -0.121. The van der Waals surface area contributed by atoms with E-state index in [1.807, 2.05) is 16.7 Å². The van der Waals surface area contributed by atoms with Gasteiger partial charge in [-0.15, -0.1) is 0 Å². The molecule has 0 aliphatic carbocycles. The number of imidazole rings is 1. The van der Waals surface area contributed by atoms with Gasteiger partial charge in [0, 0.05) is 25.5 Å².